The second kappa shape index (κ2) is 10.2. The van der Waals surface area contributed by atoms with Crippen LogP contribution in [0.3, 0.4) is 0 Å². The molecule has 0 radical (unpaired) electrons. The number of aliphatic carboxylic acids is 1. The fourth-order valence-electron chi connectivity index (χ4n) is 3.60. The molecule has 32 heavy (non-hydrogen) atoms. The minimum Gasteiger partial charge on any atom is -0.481 e. The van der Waals surface area contributed by atoms with Gasteiger partial charge in [0, 0.05) is 19.2 Å². The number of hydrogen-bond acceptors (Lipinski definition) is 3. The molecule has 0 saturated carbocycles. The van der Waals surface area contributed by atoms with E-state index in [4.69, 9.17) is 0 Å². The number of hydrogen-bond donors (Lipinski definition) is 1. The third-order valence-electron chi connectivity index (χ3n) is 5.26. The van der Waals surface area contributed by atoms with Gasteiger partial charge < -0.3 is 5.11 Å². The van der Waals surface area contributed by atoms with Crippen molar-refractivity contribution in [3.8, 4) is 0 Å². The molecule has 0 aliphatic rings. The van der Waals surface area contributed by atoms with Gasteiger partial charge in [0.25, 0.3) is 0 Å². The van der Waals surface area contributed by atoms with Crippen molar-refractivity contribution in [2.75, 3.05) is 0 Å². The lowest BCUT2D eigenvalue weighted by atomic mass is 9.90. The molecule has 4 nitrogen and oxygen atoms in total. The van der Waals surface area contributed by atoms with Crippen LogP contribution in [0.5, 0.6) is 0 Å². The van der Waals surface area contributed by atoms with Crippen LogP contribution in [0.25, 0.3) is 0 Å². The molecule has 0 aliphatic carbocycles. The SMILES string of the molecule is CC(C(=O)O)C(C(=O)c1cc(F)c(F)cc1F)N(Cc1ccccc1)Cc1ccccc1. The number of carbonyl (C=O) groups is 2. The maximum atomic E-state index is 14.4. The van der Waals surface area contributed by atoms with E-state index in [1.165, 1.54) is 6.92 Å². The summed E-state index contributed by atoms with van der Waals surface area (Å²) in [5.41, 5.74) is 0.933. The molecule has 2 unspecified atom stereocenters. The molecular formula is C25H22F3NO3. The average molecular weight is 441 g/mol. The fourth-order valence-corrected chi connectivity index (χ4v) is 3.60. The summed E-state index contributed by atoms with van der Waals surface area (Å²) in [5.74, 6) is -7.49. The highest BCUT2D eigenvalue weighted by atomic mass is 19.2. The zero-order valence-corrected chi connectivity index (χ0v) is 17.3. The Labute approximate surface area is 183 Å². The zero-order chi connectivity index (χ0) is 23.3. The second-order valence-corrected chi connectivity index (χ2v) is 7.56. The number of carboxylic acid groups (broad SMARTS) is 1. The van der Waals surface area contributed by atoms with E-state index >= 15 is 0 Å². The number of Topliss-reactive ketones (excluding diaryl/α,β-unsaturated/α-hetero) is 1. The summed E-state index contributed by atoms with van der Waals surface area (Å²) in [4.78, 5) is 26.9. The molecule has 1 N–H and O–H groups in total. The Hall–Kier alpha value is -3.45. The van der Waals surface area contributed by atoms with Gasteiger partial charge in [-0.2, -0.15) is 0 Å². The Morgan fingerprint density at radius 1 is 0.812 bits per heavy atom. The van der Waals surface area contributed by atoms with Crippen LogP contribution >= 0.6 is 0 Å². The smallest absolute Gasteiger partial charge is 0.308 e. The number of rotatable bonds is 9. The number of nitrogens with zero attached hydrogens (tertiary/aromatic N) is 1. The van der Waals surface area contributed by atoms with E-state index in [0.717, 1.165) is 11.1 Å². The van der Waals surface area contributed by atoms with Gasteiger partial charge in [0.2, 0.25) is 0 Å². The number of benzene rings is 3. The minimum atomic E-state index is -1.42. The summed E-state index contributed by atoms with van der Waals surface area (Å²) in [5, 5.41) is 9.69. The van der Waals surface area contributed by atoms with Crippen LogP contribution in [0.1, 0.15) is 28.4 Å². The van der Waals surface area contributed by atoms with Crippen molar-refractivity contribution in [2.45, 2.75) is 26.1 Å². The van der Waals surface area contributed by atoms with Gasteiger partial charge in [-0.05, 0) is 24.1 Å². The number of carbonyl (C=O) groups excluding carboxylic acids is 1. The molecule has 3 rings (SSSR count). The minimum absolute atomic E-state index is 0.190. The molecule has 166 valence electrons. The molecule has 0 spiro atoms. The quantitative estimate of drug-likeness (QED) is 0.372. The van der Waals surface area contributed by atoms with Crippen molar-refractivity contribution in [1.82, 2.24) is 4.90 Å². The van der Waals surface area contributed by atoms with Crippen molar-refractivity contribution in [3.05, 3.63) is 107 Å². The van der Waals surface area contributed by atoms with E-state index in [2.05, 4.69) is 0 Å². The van der Waals surface area contributed by atoms with Gasteiger partial charge in [-0.3, -0.25) is 14.5 Å². The van der Waals surface area contributed by atoms with Gasteiger partial charge >= 0.3 is 5.97 Å². The van der Waals surface area contributed by atoms with E-state index in [9.17, 15) is 27.9 Å². The van der Waals surface area contributed by atoms with Crippen LogP contribution in [-0.2, 0) is 17.9 Å². The summed E-state index contributed by atoms with van der Waals surface area (Å²) < 4.78 is 41.7. The van der Waals surface area contributed by atoms with Gasteiger partial charge in [0.15, 0.2) is 17.4 Å². The van der Waals surface area contributed by atoms with Gasteiger partial charge in [-0.1, -0.05) is 60.7 Å². The summed E-state index contributed by atoms with van der Waals surface area (Å²) in [6, 6.07) is 17.6. The molecular weight excluding hydrogens is 419 g/mol. The number of ketones is 1. The fraction of sp³-hybridized carbons (Fsp3) is 0.200. The lowest BCUT2D eigenvalue weighted by Crippen LogP contribution is -2.47. The maximum absolute atomic E-state index is 14.4. The van der Waals surface area contributed by atoms with Gasteiger partial charge in [0.05, 0.1) is 17.5 Å². The highest BCUT2D eigenvalue weighted by Crippen LogP contribution is 2.25. The first-order valence-corrected chi connectivity index (χ1v) is 10.0. The average Bonchev–Trinajstić information content (AvgIpc) is 2.77. The Kier molecular flexibility index (Phi) is 7.43. The van der Waals surface area contributed by atoms with Crippen molar-refractivity contribution >= 4 is 11.8 Å². The molecule has 0 fully saturated rings. The highest BCUT2D eigenvalue weighted by molar-refractivity contribution is 6.02. The van der Waals surface area contributed by atoms with E-state index in [1.54, 1.807) is 4.90 Å². The number of halogens is 3. The van der Waals surface area contributed by atoms with Gasteiger partial charge in [-0.15, -0.1) is 0 Å². The Bertz CT molecular complexity index is 1050. The Balaban J connectivity index is 2.08. The Morgan fingerprint density at radius 2 is 1.28 bits per heavy atom. The molecule has 0 bridgehead atoms. The Morgan fingerprint density at radius 3 is 1.75 bits per heavy atom. The normalized spacial score (nSPS) is 13.0. The van der Waals surface area contributed by atoms with Crippen LogP contribution in [0.4, 0.5) is 13.2 Å². The van der Waals surface area contributed by atoms with Crippen molar-refractivity contribution in [1.29, 1.82) is 0 Å². The second-order valence-electron chi connectivity index (χ2n) is 7.56. The van der Waals surface area contributed by atoms with Crippen molar-refractivity contribution < 1.29 is 27.9 Å². The first kappa shape index (κ1) is 23.2. The van der Waals surface area contributed by atoms with Gasteiger partial charge in [0.1, 0.15) is 5.82 Å². The van der Waals surface area contributed by atoms with Crippen molar-refractivity contribution in [3.63, 3.8) is 0 Å². The molecule has 0 aliphatic heterocycles. The molecule has 3 aromatic rings. The third kappa shape index (κ3) is 5.42. The van der Waals surface area contributed by atoms with Crippen LogP contribution in [0.2, 0.25) is 0 Å². The van der Waals surface area contributed by atoms with E-state index in [0.29, 0.717) is 12.1 Å². The summed E-state index contributed by atoms with van der Waals surface area (Å²) in [7, 11) is 0. The highest BCUT2D eigenvalue weighted by Gasteiger charge is 2.37. The monoisotopic (exact) mass is 441 g/mol. The molecule has 0 heterocycles. The largest absolute Gasteiger partial charge is 0.481 e. The lowest BCUT2D eigenvalue weighted by molar-refractivity contribution is -0.143. The van der Waals surface area contributed by atoms with E-state index in [1.807, 2.05) is 60.7 Å². The van der Waals surface area contributed by atoms with E-state index in [-0.39, 0.29) is 13.1 Å². The topological polar surface area (TPSA) is 57.6 Å². The molecule has 7 heteroatoms. The van der Waals surface area contributed by atoms with Gasteiger partial charge in [-0.25, -0.2) is 13.2 Å². The molecule has 0 saturated heterocycles. The van der Waals surface area contributed by atoms with Crippen LogP contribution < -0.4 is 0 Å². The standard InChI is InChI=1S/C25H22F3NO3/c1-16(25(31)32)23(24(30)19-12-21(27)22(28)13-20(19)26)29(14-17-8-4-2-5-9-17)15-18-10-6-3-7-11-18/h2-13,16,23H,14-15H2,1H3,(H,31,32). The summed E-state index contributed by atoms with van der Waals surface area (Å²) >= 11 is 0. The summed E-state index contributed by atoms with van der Waals surface area (Å²) in [6.07, 6.45) is 0. The predicted molar refractivity (Wildman–Crippen MR) is 113 cm³/mol. The lowest BCUT2D eigenvalue weighted by Gasteiger charge is -2.33. The van der Waals surface area contributed by atoms with E-state index < -0.39 is 46.7 Å². The van der Waals surface area contributed by atoms with Crippen molar-refractivity contribution in [2.24, 2.45) is 5.92 Å². The third-order valence-corrected chi connectivity index (χ3v) is 5.26. The molecule has 3 aromatic carbocycles. The first-order valence-electron chi connectivity index (χ1n) is 10.0. The van der Waals surface area contributed by atoms with Crippen LogP contribution in [0.15, 0.2) is 72.8 Å². The van der Waals surface area contributed by atoms with Crippen LogP contribution in [-0.4, -0.2) is 27.8 Å². The molecule has 0 amide bonds. The maximum Gasteiger partial charge on any atom is 0.308 e. The first-order chi connectivity index (χ1) is 15.3. The molecule has 0 aromatic heterocycles. The zero-order valence-electron chi connectivity index (χ0n) is 17.3. The number of carboxylic acids is 1. The predicted octanol–water partition coefficient (Wildman–Crippen LogP) is 5.08. The summed E-state index contributed by atoms with van der Waals surface area (Å²) in [6.45, 7) is 1.72. The molecule has 2 atom stereocenters. The van der Waals surface area contributed by atoms with Crippen LogP contribution in [0, 0.1) is 23.4 Å².